The molecular weight excluding hydrogens is 276 g/mol. The number of fused-ring (bicyclic) bond motifs is 2. The van der Waals surface area contributed by atoms with Crippen LogP contribution in [-0.2, 0) is 6.54 Å². The number of nitrogens with one attached hydrogen (secondary N) is 1. The maximum atomic E-state index is 12.5. The van der Waals surface area contributed by atoms with E-state index in [9.17, 15) is 9.59 Å². The van der Waals surface area contributed by atoms with Gasteiger partial charge in [-0.3, -0.25) is 14.3 Å². The molecule has 1 N–H and O–H groups in total. The number of halogens is 1. The van der Waals surface area contributed by atoms with Gasteiger partial charge < -0.3 is 0 Å². The van der Waals surface area contributed by atoms with Crippen molar-refractivity contribution in [2.45, 2.75) is 52.0 Å². The summed E-state index contributed by atoms with van der Waals surface area (Å²) in [5, 5.41) is 0.194. The summed E-state index contributed by atoms with van der Waals surface area (Å²) in [4.78, 5) is 27.2. The van der Waals surface area contributed by atoms with E-state index in [1.807, 2.05) is 13.8 Å². The second kappa shape index (κ2) is 5.06. The highest BCUT2D eigenvalue weighted by molar-refractivity contribution is 6.30. The van der Waals surface area contributed by atoms with Crippen molar-refractivity contribution in [3.8, 4) is 0 Å². The van der Waals surface area contributed by atoms with E-state index in [-0.39, 0.29) is 22.3 Å². The van der Waals surface area contributed by atoms with Crippen LogP contribution >= 0.6 is 11.6 Å². The van der Waals surface area contributed by atoms with E-state index in [2.05, 4.69) is 4.98 Å². The number of nitrogens with zero attached hydrogens (tertiary/aromatic N) is 1. The van der Waals surface area contributed by atoms with E-state index in [1.165, 1.54) is 23.8 Å². The van der Waals surface area contributed by atoms with Crippen LogP contribution in [0.15, 0.2) is 9.59 Å². The van der Waals surface area contributed by atoms with E-state index < -0.39 is 0 Å². The van der Waals surface area contributed by atoms with Gasteiger partial charge in [0.15, 0.2) is 0 Å². The average Bonchev–Trinajstić information content (AvgIpc) is 2.95. The molecule has 20 heavy (non-hydrogen) atoms. The number of hydrogen-bond acceptors (Lipinski definition) is 2. The molecule has 5 heteroatoms. The van der Waals surface area contributed by atoms with Gasteiger partial charge in [0.2, 0.25) is 0 Å². The molecule has 1 aromatic heterocycles. The summed E-state index contributed by atoms with van der Waals surface area (Å²) in [5.41, 5.74) is -0.0573. The lowest BCUT2D eigenvalue weighted by Gasteiger charge is -2.22. The first kappa shape index (κ1) is 13.9. The van der Waals surface area contributed by atoms with Crippen LogP contribution in [-0.4, -0.2) is 9.55 Å². The summed E-state index contributed by atoms with van der Waals surface area (Å²) < 4.78 is 1.37. The monoisotopic (exact) mass is 296 g/mol. The van der Waals surface area contributed by atoms with Crippen molar-refractivity contribution in [3.05, 3.63) is 31.6 Å². The summed E-state index contributed by atoms with van der Waals surface area (Å²) in [5.74, 6) is 2.01. The predicted octanol–water partition coefficient (Wildman–Crippen LogP) is 2.75. The SMILES string of the molecule is CC(C)c1c(Cl)[nH]c(=O)n(CC2CC3CCC2C3)c1=O. The predicted molar refractivity (Wildman–Crippen MR) is 79.4 cm³/mol. The first-order valence-corrected chi connectivity index (χ1v) is 7.87. The van der Waals surface area contributed by atoms with Crippen LogP contribution in [0.5, 0.6) is 0 Å². The van der Waals surface area contributed by atoms with E-state index >= 15 is 0 Å². The van der Waals surface area contributed by atoms with E-state index in [0.717, 1.165) is 12.3 Å². The summed E-state index contributed by atoms with van der Waals surface area (Å²) in [6.07, 6.45) is 5.02. The first-order valence-electron chi connectivity index (χ1n) is 7.50. The summed E-state index contributed by atoms with van der Waals surface area (Å²) in [7, 11) is 0. The summed E-state index contributed by atoms with van der Waals surface area (Å²) in [6.45, 7) is 4.39. The van der Waals surface area contributed by atoms with Gasteiger partial charge in [-0.05, 0) is 42.9 Å². The zero-order valence-electron chi connectivity index (χ0n) is 12.0. The van der Waals surface area contributed by atoms with Crippen LogP contribution < -0.4 is 11.2 Å². The number of H-pyrrole nitrogens is 1. The molecule has 3 atom stereocenters. The van der Waals surface area contributed by atoms with Crippen molar-refractivity contribution in [2.75, 3.05) is 0 Å². The normalized spacial score (nSPS) is 28.5. The molecule has 0 spiro atoms. The molecule has 0 radical (unpaired) electrons. The first-order chi connectivity index (χ1) is 9.47. The minimum Gasteiger partial charge on any atom is -0.297 e. The van der Waals surface area contributed by atoms with Crippen molar-refractivity contribution in [1.82, 2.24) is 9.55 Å². The fraction of sp³-hybridized carbons (Fsp3) is 0.733. The van der Waals surface area contributed by atoms with Gasteiger partial charge in [-0.25, -0.2) is 4.79 Å². The molecule has 0 amide bonds. The van der Waals surface area contributed by atoms with Gasteiger partial charge in [0, 0.05) is 6.54 Å². The zero-order chi connectivity index (χ0) is 14.4. The van der Waals surface area contributed by atoms with Gasteiger partial charge >= 0.3 is 5.69 Å². The van der Waals surface area contributed by atoms with Crippen LogP contribution in [0.4, 0.5) is 0 Å². The molecule has 3 rings (SSSR count). The Morgan fingerprint density at radius 3 is 2.60 bits per heavy atom. The lowest BCUT2D eigenvalue weighted by atomic mass is 9.89. The molecule has 3 unspecified atom stereocenters. The lowest BCUT2D eigenvalue weighted by Crippen LogP contribution is -2.40. The van der Waals surface area contributed by atoms with Gasteiger partial charge in [-0.15, -0.1) is 0 Å². The molecule has 2 aliphatic carbocycles. The van der Waals surface area contributed by atoms with Crippen molar-refractivity contribution < 1.29 is 0 Å². The third-order valence-electron chi connectivity index (χ3n) is 5.05. The van der Waals surface area contributed by atoms with Crippen LogP contribution in [0.2, 0.25) is 5.15 Å². The van der Waals surface area contributed by atoms with Crippen LogP contribution in [0.25, 0.3) is 0 Å². The highest BCUT2D eigenvalue weighted by Gasteiger charge is 2.39. The maximum Gasteiger partial charge on any atom is 0.329 e. The number of hydrogen-bond donors (Lipinski definition) is 1. The molecule has 2 fully saturated rings. The Labute approximate surface area is 123 Å². The smallest absolute Gasteiger partial charge is 0.297 e. The molecule has 2 bridgehead atoms. The highest BCUT2D eigenvalue weighted by Crippen LogP contribution is 2.48. The second-order valence-electron chi connectivity index (χ2n) is 6.66. The fourth-order valence-electron chi connectivity index (χ4n) is 4.06. The molecule has 2 aliphatic rings. The number of aromatic nitrogens is 2. The second-order valence-corrected chi connectivity index (χ2v) is 7.04. The maximum absolute atomic E-state index is 12.5. The van der Waals surface area contributed by atoms with Crippen molar-refractivity contribution in [3.63, 3.8) is 0 Å². The number of rotatable bonds is 3. The van der Waals surface area contributed by atoms with Gasteiger partial charge in [0.05, 0.1) is 5.56 Å². The molecule has 4 nitrogen and oxygen atoms in total. The van der Waals surface area contributed by atoms with Crippen LogP contribution in [0.3, 0.4) is 0 Å². The molecule has 0 aromatic carbocycles. The number of aromatic amines is 1. The van der Waals surface area contributed by atoms with Gasteiger partial charge in [0.1, 0.15) is 5.15 Å². The molecule has 0 saturated heterocycles. The molecular formula is C15H21ClN2O2. The summed E-state index contributed by atoms with van der Waals surface area (Å²) >= 11 is 6.01. The Balaban J connectivity index is 1.95. The van der Waals surface area contributed by atoms with E-state index in [1.54, 1.807) is 0 Å². The van der Waals surface area contributed by atoms with Gasteiger partial charge in [0.25, 0.3) is 5.56 Å². The van der Waals surface area contributed by atoms with Crippen LogP contribution in [0.1, 0.15) is 51.0 Å². The molecule has 1 heterocycles. The zero-order valence-corrected chi connectivity index (χ0v) is 12.7. The molecule has 110 valence electrons. The Morgan fingerprint density at radius 2 is 2.05 bits per heavy atom. The molecule has 0 aliphatic heterocycles. The van der Waals surface area contributed by atoms with Crippen molar-refractivity contribution >= 4 is 11.6 Å². The Morgan fingerprint density at radius 1 is 1.30 bits per heavy atom. The minimum absolute atomic E-state index is 0.0122. The third kappa shape index (κ3) is 2.24. The van der Waals surface area contributed by atoms with Crippen LogP contribution in [0, 0.1) is 17.8 Å². The standard InChI is InChI=1S/C15H21ClN2O2/c1-8(2)12-13(16)17-15(20)18(14(12)19)7-11-6-9-3-4-10(11)5-9/h8-11H,3-7H2,1-2H3,(H,17,20). The van der Waals surface area contributed by atoms with Crippen molar-refractivity contribution in [2.24, 2.45) is 17.8 Å². The minimum atomic E-state index is -0.368. The molecule has 2 saturated carbocycles. The highest BCUT2D eigenvalue weighted by atomic mass is 35.5. The molecule has 1 aromatic rings. The third-order valence-corrected chi connectivity index (χ3v) is 5.35. The Kier molecular flexibility index (Phi) is 3.53. The Hall–Kier alpha value is -1.03. The topological polar surface area (TPSA) is 54.9 Å². The quantitative estimate of drug-likeness (QED) is 0.872. The van der Waals surface area contributed by atoms with Gasteiger partial charge in [-0.1, -0.05) is 31.9 Å². The van der Waals surface area contributed by atoms with E-state index in [0.29, 0.717) is 23.9 Å². The average molecular weight is 297 g/mol. The largest absolute Gasteiger partial charge is 0.329 e. The summed E-state index contributed by atoms with van der Waals surface area (Å²) in [6, 6.07) is 0. The Bertz CT molecular complexity index is 632. The lowest BCUT2D eigenvalue weighted by molar-refractivity contribution is 0.288. The fourth-order valence-corrected chi connectivity index (χ4v) is 4.44. The van der Waals surface area contributed by atoms with Crippen molar-refractivity contribution in [1.29, 1.82) is 0 Å². The van der Waals surface area contributed by atoms with E-state index in [4.69, 9.17) is 11.6 Å². The van der Waals surface area contributed by atoms with Gasteiger partial charge in [-0.2, -0.15) is 0 Å².